The molecule has 0 rings (SSSR count). The van der Waals surface area contributed by atoms with Gasteiger partial charge in [-0.2, -0.15) is 0 Å². The highest BCUT2D eigenvalue weighted by Gasteiger charge is 2.22. The number of carbonyl (C=O) groups excluding carboxylic acids is 1. The maximum Gasteiger partial charge on any atom is 0.164 e. The van der Waals surface area contributed by atoms with Crippen LogP contribution in [0.3, 0.4) is 0 Å². The van der Waals surface area contributed by atoms with E-state index in [0.29, 0.717) is 0 Å². The summed E-state index contributed by atoms with van der Waals surface area (Å²) in [6.45, 7) is 11.8. The first-order valence-electron chi connectivity index (χ1n) is 4.61. The van der Waals surface area contributed by atoms with Gasteiger partial charge in [0.05, 0.1) is 0 Å². The molecular weight excluding hydrogens is 160 g/mol. The van der Waals surface area contributed by atoms with Crippen LogP contribution in [-0.4, -0.2) is 5.78 Å². The van der Waals surface area contributed by atoms with Crippen LogP contribution in [0.5, 0.6) is 0 Å². The molecule has 0 fully saturated rings. The first-order chi connectivity index (χ1) is 5.75. The first-order valence-corrected chi connectivity index (χ1v) is 4.61. The summed E-state index contributed by atoms with van der Waals surface area (Å²) in [6.07, 6.45) is 3.72. The van der Waals surface area contributed by atoms with Gasteiger partial charge in [-0.15, -0.1) is 0 Å². The molecule has 0 N–H and O–H groups in total. The molecule has 1 nitrogen and oxygen atoms in total. The van der Waals surface area contributed by atoms with Crippen molar-refractivity contribution in [1.29, 1.82) is 0 Å². The van der Waals surface area contributed by atoms with Crippen LogP contribution in [0.4, 0.5) is 0 Å². The zero-order valence-corrected chi connectivity index (χ0v) is 9.56. The Kier molecular flexibility index (Phi) is 4.12. The second-order valence-electron chi connectivity index (χ2n) is 4.53. The zero-order valence-electron chi connectivity index (χ0n) is 9.56. The Bertz CT molecular complexity index is 246. The van der Waals surface area contributed by atoms with E-state index in [4.69, 9.17) is 0 Å². The molecule has 0 atom stereocenters. The van der Waals surface area contributed by atoms with Crippen molar-refractivity contribution < 1.29 is 4.79 Å². The molecule has 74 valence electrons. The third-order valence-corrected chi connectivity index (χ3v) is 1.70. The molecule has 0 aliphatic carbocycles. The van der Waals surface area contributed by atoms with Gasteiger partial charge in [0.25, 0.3) is 0 Å². The quantitative estimate of drug-likeness (QED) is 0.480. The number of hydrogen-bond acceptors (Lipinski definition) is 1. The molecule has 0 aromatic heterocycles. The fourth-order valence-corrected chi connectivity index (χ4v) is 1.24. The fraction of sp³-hybridized carbons (Fsp3) is 0.583. The lowest BCUT2D eigenvalue weighted by Crippen LogP contribution is -2.20. The summed E-state index contributed by atoms with van der Waals surface area (Å²) in [7, 11) is 0. The summed E-state index contributed by atoms with van der Waals surface area (Å²) >= 11 is 0. The van der Waals surface area contributed by atoms with Gasteiger partial charge in [0.15, 0.2) is 5.78 Å². The summed E-state index contributed by atoms with van der Waals surface area (Å²) < 4.78 is 0. The highest BCUT2D eigenvalue weighted by atomic mass is 16.1. The summed E-state index contributed by atoms with van der Waals surface area (Å²) in [5.74, 6) is 0.175. The minimum Gasteiger partial charge on any atom is -0.294 e. The lowest BCUT2D eigenvalue weighted by atomic mass is 9.85. The molecule has 0 unspecified atom stereocenters. The van der Waals surface area contributed by atoms with Crippen molar-refractivity contribution in [2.45, 2.75) is 41.5 Å². The Morgan fingerprint density at radius 2 is 1.46 bits per heavy atom. The van der Waals surface area contributed by atoms with Crippen molar-refractivity contribution in [3.05, 3.63) is 23.3 Å². The van der Waals surface area contributed by atoms with Gasteiger partial charge in [-0.3, -0.25) is 4.79 Å². The lowest BCUT2D eigenvalue weighted by Gasteiger charge is -2.17. The van der Waals surface area contributed by atoms with Gasteiger partial charge in [0, 0.05) is 5.41 Å². The predicted octanol–water partition coefficient (Wildman–Crippen LogP) is 3.51. The third-order valence-electron chi connectivity index (χ3n) is 1.70. The summed E-state index contributed by atoms with van der Waals surface area (Å²) in [4.78, 5) is 11.7. The van der Waals surface area contributed by atoms with Crippen LogP contribution in [0.15, 0.2) is 23.3 Å². The summed E-state index contributed by atoms with van der Waals surface area (Å²) in [6, 6.07) is 0. The van der Waals surface area contributed by atoms with Gasteiger partial charge in [0.1, 0.15) is 0 Å². The molecule has 0 aromatic carbocycles. The van der Waals surface area contributed by atoms with Gasteiger partial charge >= 0.3 is 0 Å². The maximum atomic E-state index is 11.7. The van der Waals surface area contributed by atoms with E-state index in [9.17, 15) is 4.79 Å². The predicted molar refractivity (Wildman–Crippen MR) is 57.7 cm³/mol. The largest absolute Gasteiger partial charge is 0.294 e. The average Bonchev–Trinajstić information content (AvgIpc) is 1.81. The van der Waals surface area contributed by atoms with Crippen molar-refractivity contribution in [1.82, 2.24) is 0 Å². The molecule has 0 radical (unpaired) electrons. The van der Waals surface area contributed by atoms with Gasteiger partial charge < -0.3 is 0 Å². The molecular formula is C12H20O. The van der Waals surface area contributed by atoms with E-state index in [1.165, 1.54) is 5.57 Å². The van der Waals surface area contributed by atoms with Gasteiger partial charge in [-0.25, -0.2) is 0 Å². The Labute approximate surface area is 81.5 Å². The van der Waals surface area contributed by atoms with E-state index < -0.39 is 0 Å². The number of hydrogen-bond donors (Lipinski definition) is 0. The standard InChI is InChI=1S/C12H20O/c1-9(2)7-11(13)12(5,6)8-10(3)4/h7-8H,1-6H3. The summed E-state index contributed by atoms with van der Waals surface area (Å²) in [5.41, 5.74) is 1.87. The molecule has 0 aromatic rings. The van der Waals surface area contributed by atoms with E-state index in [1.54, 1.807) is 6.08 Å². The van der Waals surface area contributed by atoms with Crippen molar-refractivity contribution in [2.24, 2.45) is 5.41 Å². The van der Waals surface area contributed by atoms with Crippen LogP contribution in [0.25, 0.3) is 0 Å². The molecule has 0 aliphatic heterocycles. The number of ketones is 1. The molecule has 0 saturated heterocycles. The highest BCUT2D eigenvalue weighted by Crippen LogP contribution is 2.21. The van der Waals surface area contributed by atoms with Crippen LogP contribution in [0, 0.1) is 5.41 Å². The van der Waals surface area contributed by atoms with E-state index >= 15 is 0 Å². The van der Waals surface area contributed by atoms with Crippen molar-refractivity contribution in [2.75, 3.05) is 0 Å². The van der Waals surface area contributed by atoms with E-state index in [2.05, 4.69) is 0 Å². The lowest BCUT2D eigenvalue weighted by molar-refractivity contribution is -0.120. The SMILES string of the molecule is CC(C)=CC(=O)C(C)(C)C=C(C)C. The van der Waals surface area contributed by atoms with Crippen LogP contribution in [0.1, 0.15) is 41.5 Å². The van der Waals surface area contributed by atoms with Crippen molar-refractivity contribution >= 4 is 5.78 Å². The molecule has 0 bridgehead atoms. The number of rotatable bonds is 3. The van der Waals surface area contributed by atoms with E-state index in [1.807, 2.05) is 47.6 Å². The molecule has 0 saturated carbocycles. The van der Waals surface area contributed by atoms with Crippen LogP contribution < -0.4 is 0 Å². The molecule has 0 heterocycles. The Morgan fingerprint density at radius 1 is 1.00 bits per heavy atom. The maximum absolute atomic E-state index is 11.7. The number of carbonyl (C=O) groups is 1. The monoisotopic (exact) mass is 180 g/mol. The van der Waals surface area contributed by atoms with E-state index in [0.717, 1.165) is 5.57 Å². The molecule has 0 spiro atoms. The van der Waals surface area contributed by atoms with E-state index in [-0.39, 0.29) is 11.2 Å². The Balaban J connectivity index is 4.75. The van der Waals surface area contributed by atoms with Gasteiger partial charge in [-0.05, 0) is 47.6 Å². The smallest absolute Gasteiger partial charge is 0.164 e. The summed E-state index contributed by atoms with van der Waals surface area (Å²) in [5, 5.41) is 0. The Hall–Kier alpha value is -0.850. The van der Waals surface area contributed by atoms with Crippen LogP contribution >= 0.6 is 0 Å². The van der Waals surface area contributed by atoms with Gasteiger partial charge in [0.2, 0.25) is 0 Å². The fourth-order valence-electron chi connectivity index (χ4n) is 1.24. The third kappa shape index (κ3) is 4.66. The Morgan fingerprint density at radius 3 is 1.77 bits per heavy atom. The highest BCUT2D eigenvalue weighted by molar-refractivity contribution is 5.96. The molecule has 0 aliphatic rings. The minimum absolute atomic E-state index is 0.175. The molecule has 13 heavy (non-hydrogen) atoms. The second-order valence-corrected chi connectivity index (χ2v) is 4.53. The van der Waals surface area contributed by atoms with Crippen LogP contribution in [-0.2, 0) is 4.79 Å². The van der Waals surface area contributed by atoms with Crippen molar-refractivity contribution in [3.63, 3.8) is 0 Å². The topological polar surface area (TPSA) is 17.1 Å². The average molecular weight is 180 g/mol. The molecule has 0 amide bonds. The number of allylic oxidation sites excluding steroid dienone is 4. The van der Waals surface area contributed by atoms with Gasteiger partial charge in [-0.1, -0.05) is 17.2 Å². The normalized spacial score (nSPS) is 10.6. The first kappa shape index (κ1) is 12.2. The van der Waals surface area contributed by atoms with Crippen molar-refractivity contribution in [3.8, 4) is 0 Å². The molecule has 1 heteroatoms. The van der Waals surface area contributed by atoms with Crippen LogP contribution in [0.2, 0.25) is 0 Å². The zero-order chi connectivity index (χ0) is 10.6. The minimum atomic E-state index is -0.365. The second kappa shape index (κ2) is 4.40.